The molecule has 0 radical (unpaired) electrons. The number of unbranched alkanes of at least 4 members (excludes halogenated alkanes) is 8. The Morgan fingerprint density at radius 2 is 0.455 bits per heavy atom. The van der Waals surface area contributed by atoms with Crippen LogP contribution >= 0.6 is 0 Å². The van der Waals surface area contributed by atoms with Crippen molar-refractivity contribution in [2.45, 2.75) is 138 Å². The summed E-state index contributed by atoms with van der Waals surface area (Å²) in [4.78, 5) is 0. The molecule has 0 aliphatic rings. The standard InChI is InChI=1S/C29H64N2.2BrH/c1-7-13-22-30(23-14-8-2,24-15-9-3)28-20-19-21-29-31(25-16-10-4,26-17-11-5)27-18-12-6;;/h7-29H2,1-6H3;2*1H/q+2;;/p-2. The van der Waals surface area contributed by atoms with Crippen molar-refractivity contribution in [1.29, 1.82) is 0 Å². The largest absolute Gasteiger partial charge is 1.00 e. The maximum absolute atomic E-state index is 2.37. The molecule has 0 aliphatic heterocycles. The summed E-state index contributed by atoms with van der Waals surface area (Å²) in [6.45, 7) is 25.7. The fraction of sp³-hybridized carbons (Fsp3) is 1.00. The van der Waals surface area contributed by atoms with Crippen LogP contribution in [0.1, 0.15) is 138 Å². The van der Waals surface area contributed by atoms with Gasteiger partial charge in [0.2, 0.25) is 0 Å². The van der Waals surface area contributed by atoms with E-state index in [1.54, 1.807) is 0 Å². The van der Waals surface area contributed by atoms with E-state index in [1.807, 2.05) is 0 Å². The monoisotopic (exact) mass is 598 g/mol. The van der Waals surface area contributed by atoms with Gasteiger partial charge in [0.15, 0.2) is 0 Å². The van der Waals surface area contributed by atoms with Crippen LogP contribution in [0.3, 0.4) is 0 Å². The first kappa shape index (κ1) is 38.4. The molecule has 0 bridgehead atoms. The first-order valence-electron chi connectivity index (χ1n) is 14.8. The fourth-order valence-corrected chi connectivity index (χ4v) is 5.37. The van der Waals surface area contributed by atoms with Crippen molar-refractivity contribution < 1.29 is 42.9 Å². The molecule has 0 aliphatic carbocycles. The van der Waals surface area contributed by atoms with Gasteiger partial charge in [0.25, 0.3) is 0 Å². The lowest BCUT2D eigenvalue weighted by atomic mass is 10.1. The van der Waals surface area contributed by atoms with E-state index < -0.39 is 0 Å². The van der Waals surface area contributed by atoms with Crippen LogP contribution in [0.5, 0.6) is 0 Å². The summed E-state index contributed by atoms with van der Waals surface area (Å²) in [5.74, 6) is 0. The Morgan fingerprint density at radius 3 is 0.636 bits per heavy atom. The van der Waals surface area contributed by atoms with Crippen LogP contribution in [0.15, 0.2) is 0 Å². The van der Waals surface area contributed by atoms with Crippen LogP contribution in [-0.2, 0) is 0 Å². The molecule has 0 saturated carbocycles. The SMILES string of the molecule is CCCC[N+](CCCC)(CCCC)CCCCC[N+](CCCC)(CCCC)CCCC.[Br-].[Br-]. The van der Waals surface area contributed by atoms with Crippen LogP contribution in [0.4, 0.5) is 0 Å². The van der Waals surface area contributed by atoms with Crippen molar-refractivity contribution in [3.63, 3.8) is 0 Å². The lowest BCUT2D eigenvalue weighted by Gasteiger charge is -2.40. The number of nitrogens with zero attached hydrogens (tertiary/aromatic N) is 2. The summed E-state index contributed by atoms with van der Waals surface area (Å²) in [6, 6.07) is 0. The fourth-order valence-electron chi connectivity index (χ4n) is 5.37. The summed E-state index contributed by atoms with van der Waals surface area (Å²) in [5.41, 5.74) is 0. The van der Waals surface area contributed by atoms with Crippen LogP contribution < -0.4 is 34.0 Å². The van der Waals surface area contributed by atoms with Gasteiger partial charge in [-0.2, -0.15) is 0 Å². The number of hydrogen-bond donors (Lipinski definition) is 0. The molecule has 2 nitrogen and oxygen atoms in total. The maximum atomic E-state index is 2.37. The summed E-state index contributed by atoms with van der Waals surface area (Å²) in [7, 11) is 0. The van der Waals surface area contributed by atoms with Crippen molar-refractivity contribution in [2.75, 3.05) is 52.4 Å². The van der Waals surface area contributed by atoms with Crippen LogP contribution in [-0.4, -0.2) is 61.3 Å². The van der Waals surface area contributed by atoms with E-state index in [2.05, 4.69) is 41.5 Å². The quantitative estimate of drug-likeness (QED) is 0.118. The van der Waals surface area contributed by atoms with E-state index in [0.29, 0.717) is 0 Å². The zero-order chi connectivity index (χ0) is 23.3. The molecule has 0 fully saturated rings. The summed E-state index contributed by atoms with van der Waals surface area (Å²) in [5, 5.41) is 0. The number of rotatable bonds is 24. The average Bonchev–Trinajstić information content (AvgIpc) is 2.80. The van der Waals surface area contributed by atoms with E-state index in [0.717, 1.165) is 0 Å². The van der Waals surface area contributed by atoms with E-state index in [9.17, 15) is 0 Å². The molecular weight excluding hydrogens is 536 g/mol. The van der Waals surface area contributed by atoms with Gasteiger partial charge in [-0.15, -0.1) is 0 Å². The van der Waals surface area contributed by atoms with Crippen LogP contribution in [0.2, 0.25) is 0 Å². The summed E-state index contributed by atoms with van der Waals surface area (Å²) < 4.78 is 2.86. The Labute approximate surface area is 232 Å². The van der Waals surface area contributed by atoms with Gasteiger partial charge in [0.05, 0.1) is 52.4 Å². The Kier molecular flexibility index (Phi) is 30.2. The zero-order valence-electron chi connectivity index (χ0n) is 23.9. The third-order valence-corrected chi connectivity index (χ3v) is 7.68. The van der Waals surface area contributed by atoms with Crippen molar-refractivity contribution >= 4 is 0 Å². The normalized spacial score (nSPS) is 11.8. The molecule has 0 spiro atoms. The van der Waals surface area contributed by atoms with E-state index >= 15 is 0 Å². The third kappa shape index (κ3) is 18.8. The number of halogens is 2. The number of hydrogen-bond acceptors (Lipinski definition) is 0. The highest BCUT2D eigenvalue weighted by atomic mass is 79.9. The number of quaternary nitrogens is 2. The molecule has 0 N–H and O–H groups in total. The Morgan fingerprint density at radius 1 is 0.273 bits per heavy atom. The molecule has 0 atom stereocenters. The highest BCUT2D eigenvalue weighted by Crippen LogP contribution is 2.20. The Bertz CT molecular complexity index is 299. The van der Waals surface area contributed by atoms with Gasteiger partial charge in [-0.25, -0.2) is 0 Å². The van der Waals surface area contributed by atoms with Gasteiger partial charge in [-0.05, 0) is 57.8 Å². The predicted octanol–water partition coefficient (Wildman–Crippen LogP) is 2.60. The molecule has 0 rings (SSSR count). The minimum atomic E-state index is 0. The highest BCUT2D eigenvalue weighted by molar-refractivity contribution is 4.53. The predicted molar refractivity (Wildman–Crippen MR) is 143 cm³/mol. The molecule has 204 valence electrons. The van der Waals surface area contributed by atoms with Crippen molar-refractivity contribution in [3.05, 3.63) is 0 Å². The van der Waals surface area contributed by atoms with Crippen molar-refractivity contribution in [1.82, 2.24) is 0 Å². The van der Waals surface area contributed by atoms with Crippen LogP contribution in [0, 0.1) is 0 Å². The lowest BCUT2D eigenvalue weighted by Crippen LogP contribution is -3.00. The van der Waals surface area contributed by atoms with Gasteiger partial charge in [-0.3, -0.25) is 0 Å². The average molecular weight is 601 g/mol. The second kappa shape index (κ2) is 26.0. The van der Waals surface area contributed by atoms with Crippen molar-refractivity contribution in [2.24, 2.45) is 0 Å². The van der Waals surface area contributed by atoms with Gasteiger partial charge in [0, 0.05) is 0 Å². The molecule has 0 saturated heterocycles. The molecule has 4 heteroatoms. The minimum Gasteiger partial charge on any atom is -1.00 e. The lowest BCUT2D eigenvalue weighted by molar-refractivity contribution is -0.931. The van der Waals surface area contributed by atoms with Gasteiger partial charge in [0.1, 0.15) is 0 Å². The first-order chi connectivity index (χ1) is 15.1. The molecule has 33 heavy (non-hydrogen) atoms. The maximum Gasteiger partial charge on any atom is 0.0786 e. The van der Waals surface area contributed by atoms with Crippen LogP contribution in [0.25, 0.3) is 0 Å². The molecule has 0 amide bonds. The third-order valence-electron chi connectivity index (χ3n) is 7.68. The van der Waals surface area contributed by atoms with Gasteiger partial charge >= 0.3 is 0 Å². The molecule has 0 aromatic carbocycles. The Hall–Kier alpha value is 0.880. The smallest absolute Gasteiger partial charge is 0.0786 e. The summed E-state index contributed by atoms with van der Waals surface area (Å²) >= 11 is 0. The van der Waals surface area contributed by atoms with Crippen molar-refractivity contribution in [3.8, 4) is 0 Å². The highest BCUT2D eigenvalue weighted by Gasteiger charge is 2.27. The Balaban J connectivity index is -0.00000450. The van der Waals surface area contributed by atoms with E-state index in [4.69, 9.17) is 0 Å². The zero-order valence-corrected chi connectivity index (χ0v) is 27.1. The molecule has 0 heterocycles. The van der Waals surface area contributed by atoms with E-state index in [-0.39, 0.29) is 34.0 Å². The summed E-state index contributed by atoms with van der Waals surface area (Å²) in [6.07, 6.45) is 21.0. The molecule has 0 aromatic heterocycles. The second-order valence-electron chi connectivity index (χ2n) is 10.7. The molecule has 0 unspecified atom stereocenters. The first-order valence-corrected chi connectivity index (χ1v) is 14.8. The topological polar surface area (TPSA) is 0 Å². The second-order valence-corrected chi connectivity index (χ2v) is 10.7. The molecular formula is C29H64Br2N2. The van der Waals surface area contributed by atoms with E-state index in [1.165, 1.54) is 158 Å². The minimum absolute atomic E-state index is 0. The van der Waals surface area contributed by atoms with Gasteiger partial charge in [-0.1, -0.05) is 80.1 Å². The van der Waals surface area contributed by atoms with Gasteiger partial charge < -0.3 is 42.9 Å². The molecule has 0 aromatic rings.